The summed E-state index contributed by atoms with van der Waals surface area (Å²) in [5.41, 5.74) is 10.9. The third-order valence-electron chi connectivity index (χ3n) is 5.89. The number of aliphatic hydroxyl groups excluding tert-OH is 3. The lowest BCUT2D eigenvalue weighted by Crippen LogP contribution is -2.33. The fourth-order valence-electron chi connectivity index (χ4n) is 3.93. The summed E-state index contributed by atoms with van der Waals surface area (Å²) in [4.78, 5) is 12.5. The van der Waals surface area contributed by atoms with Gasteiger partial charge in [-0.05, 0) is 35.9 Å². The third kappa shape index (κ3) is 5.05. The summed E-state index contributed by atoms with van der Waals surface area (Å²) in [7, 11) is 0. The number of ether oxygens (including phenoxy) is 2. The average Bonchev–Trinajstić information content (AvgIpc) is 3.41. The number of benzene rings is 2. The quantitative estimate of drug-likeness (QED) is 0.168. The van der Waals surface area contributed by atoms with Gasteiger partial charge in [-0.2, -0.15) is 5.10 Å². The molecule has 12 nitrogen and oxygen atoms in total. The van der Waals surface area contributed by atoms with Crippen molar-refractivity contribution in [3.05, 3.63) is 71.0 Å². The normalized spacial score (nSPS) is 21.6. The fourth-order valence-corrected chi connectivity index (χ4v) is 4.12. The predicted octanol–water partition coefficient (Wildman–Crippen LogP) is 1.70. The van der Waals surface area contributed by atoms with Crippen molar-refractivity contribution < 1.29 is 24.8 Å². The van der Waals surface area contributed by atoms with Crippen LogP contribution in [0.1, 0.15) is 17.4 Å². The monoisotopic (exact) mass is 525 g/mol. The van der Waals surface area contributed by atoms with Gasteiger partial charge in [-0.15, -0.1) is 0 Å². The van der Waals surface area contributed by atoms with Crippen LogP contribution in [0.5, 0.6) is 5.75 Å². The van der Waals surface area contributed by atoms with Gasteiger partial charge in [0.1, 0.15) is 37.0 Å². The van der Waals surface area contributed by atoms with Gasteiger partial charge in [-0.1, -0.05) is 29.8 Å². The second-order valence-corrected chi connectivity index (χ2v) is 8.69. The molecule has 37 heavy (non-hydrogen) atoms. The molecule has 2 aromatic heterocycles. The second kappa shape index (κ2) is 10.7. The standard InChI is InChI=1S/C24H24ClN7O5/c25-16-4-2-1-3-14(16)11-36-15-7-5-13(6-8-15)9-29-31-24-30-18-21(26)27-12-28-22(18)32(24)23-20(35)19(34)17(10-33)37-23/h1-9,12,17,19-20,23,33-35H,10-11H2,(H,30,31)(H2,26,27,28)/b29-9+/t17-,19-,20+,23-/m1/s1. The number of aromatic nitrogens is 4. The zero-order valence-electron chi connectivity index (χ0n) is 19.3. The van der Waals surface area contributed by atoms with E-state index in [9.17, 15) is 15.3 Å². The number of hydrazone groups is 1. The van der Waals surface area contributed by atoms with E-state index >= 15 is 0 Å². The number of rotatable bonds is 8. The molecule has 13 heteroatoms. The Bertz CT molecular complexity index is 1410. The van der Waals surface area contributed by atoms with Gasteiger partial charge in [-0.3, -0.25) is 4.57 Å². The summed E-state index contributed by atoms with van der Waals surface area (Å²) < 4.78 is 12.9. The Balaban J connectivity index is 1.32. The Morgan fingerprint density at radius 2 is 1.92 bits per heavy atom. The van der Waals surface area contributed by atoms with E-state index in [-0.39, 0.29) is 22.9 Å². The van der Waals surface area contributed by atoms with E-state index in [1.165, 1.54) is 10.9 Å². The molecule has 4 atom stereocenters. The molecule has 0 saturated carbocycles. The summed E-state index contributed by atoms with van der Waals surface area (Å²) in [6.45, 7) is -0.130. The van der Waals surface area contributed by atoms with Crippen LogP contribution >= 0.6 is 11.6 Å². The first kappa shape index (κ1) is 24.9. The minimum Gasteiger partial charge on any atom is -0.489 e. The van der Waals surface area contributed by atoms with Crippen LogP contribution in [-0.2, 0) is 11.3 Å². The van der Waals surface area contributed by atoms with Gasteiger partial charge in [-0.25, -0.2) is 20.4 Å². The van der Waals surface area contributed by atoms with Crippen molar-refractivity contribution in [1.82, 2.24) is 19.5 Å². The van der Waals surface area contributed by atoms with Crippen molar-refractivity contribution in [3.63, 3.8) is 0 Å². The highest BCUT2D eigenvalue weighted by Gasteiger charge is 2.45. The van der Waals surface area contributed by atoms with E-state index in [1.807, 2.05) is 48.5 Å². The molecule has 0 unspecified atom stereocenters. The highest BCUT2D eigenvalue weighted by molar-refractivity contribution is 6.31. The van der Waals surface area contributed by atoms with Crippen molar-refractivity contribution in [2.24, 2.45) is 5.10 Å². The molecular weight excluding hydrogens is 502 g/mol. The molecule has 0 aliphatic carbocycles. The van der Waals surface area contributed by atoms with Crippen LogP contribution < -0.4 is 15.9 Å². The molecule has 1 fully saturated rings. The highest BCUT2D eigenvalue weighted by Crippen LogP contribution is 2.35. The maximum Gasteiger partial charge on any atom is 0.228 e. The largest absolute Gasteiger partial charge is 0.489 e. The van der Waals surface area contributed by atoms with Crippen LogP contribution in [-0.4, -0.2) is 66.0 Å². The molecule has 6 N–H and O–H groups in total. The van der Waals surface area contributed by atoms with Crippen molar-refractivity contribution >= 4 is 40.7 Å². The zero-order valence-corrected chi connectivity index (χ0v) is 20.1. The molecule has 2 aromatic carbocycles. The molecule has 1 aliphatic rings. The number of nitrogens with two attached hydrogens (primary N) is 1. The smallest absolute Gasteiger partial charge is 0.228 e. The molecule has 0 radical (unpaired) electrons. The molecule has 4 aromatic rings. The van der Waals surface area contributed by atoms with Gasteiger partial charge >= 0.3 is 0 Å². The number of hydrogen-bond donors (Lipinski definition) is 5. The SMILES string of the molecule is Nc1ncnc2c1nc(N/N=C/c1ccc(OCc3ccccc3Cl)cc1)n2[C@@H]1O[C@H](CO)[C@@H](O)[C@@H]1O. The van der Waals surface area contributed by atoms with Crippen LogP contribution in [0, 0.1) is 0 Å². The minimum atomic E-state index is -1.35. The first-order chi connectivity index (χ1) is 18.0. The van der Waals surface area contributed by atoms with E-state index in [4.69, 9.17) is 26.8 Å². The summed E-state index contributed by atoms with van der Waals surface area (Å²) >= 11 is 6.17. The Morgan fingerprint density at radius 3 is 2.65 bits per heavy atom. The molecule has 1 saturated heterocycles. The van der Waals surface area contributed by atoms with E-state index in [0.717, 1.165) is 11.1 Å². The van der Waals surface area contributed by atoms with Crippen molar-refractivity contribution in [2.75, 3.05) is 17.8 Å². The number of nitrogens with one attached hydrogen (secondary N) is 1. The topological polar surface area (TPSA) is 173 Å². The van der Waals surface area contributed by atoms with Crippen molar-refractivity contribution in [3.8, 4) is 5.75 Å². The number of nitrogens with zero attached hydrogens (tertiary/aromatic N) is 5. The first-order valence-electron chi connectivity index (χ1n) is 11.3. The molecular formula is C24H24ClN7O5. The number of halogens is 1. The lowest BCUT2D eigenvalue weighted by Gasteiger charge is -2.18. The number of hydrogen-bond acceptors (Lipinski definition) is 11. The molecule has 0 bridgehead atoms. The molecule has 192 valence electrons. The molecule has 1 aliphatic heterocycles. The Kier molecular flexibility index (Phi) is 7.17. The summed E-state index contributed by atoms with van der Waals surface area (Å²) in [5.74, 6) is 0.938. The third-order valence-corrected chi connectivity index (χ3v) is 6.26. The Labute approximate surface area is 216 Å². The average molecular weight is 526 g/mol. The van der Waals surface area contributed by atoms with Crippen LogP contribution in [0.15, 0.2) is 60.0 Å². The lowest BCUT2D eigenvalue weighted by molar-refractivity contribution is -0.0501. The maximum absolute atomic E-state index is 10.6. The number of nitrogen functional groups attached to an aromatic ring is 1. The van der Waals surface area contributed by atoms with Crippen LogP contribution in [0.4, 0.5) is 11.8 Å². The van der Waals surface area contributed by atoms with Crippen molar-refractivity contribution in [1.29, 1.82) is 0 Å². The number of fused-ring (bicyclic) bond motifs is 1. The molecule has 3 heterocycles. The Morgan fingerprint density at radius 1 is 1.14 bits per heavy atom. The zero-order chi connectivity index (χ0) is 25.9. The van der Waals surface area contributed by atoms with Gasteiger partial charge in [0, 0.05) is 10.6 Å². The van der Waals surface area contributed by atoms with Crippen molar-refractivity contribution in [2.45, 2.75) is 31.1 Å². The summed E-state index contributed by atoms with van der Waals surface area (Å²) in [6, 6.07) is 14.8. The van der Waals surface area contributed by atoms with Gasteiger partial charge in [0.2, 0.25) is 5.95 Å². The summed E-state index contributed by atoms with van der Waals surface area (Å²) in [5, 5.41) is 35.1. The van der Waals surface area contributed by atoms with Gasteiger partial charge in [0.15, 0.2) is 23.2 Å². The maximum atomic E-state index is 10.6. The fraction of sp³-hybridized carbons (Fsp3) is 0.250. The van der Waals surface area contributed by atoms with Crippen LogP contribution in [0.25, 0.3) is 11.2 Å². The Hall–Kier alpha value is -3.81. The summed E-state index contributed by atoms with van der Waals surface area (Å²) in [6.07, 6.45) is -1.92. The van der Waals surface area contributed by atoms with Gasteiger partial charge < -0.3 is 30.5 Å². The van der Waals surface area contributed by atoms with Gasteiger partial charge in [0.05, 0.1) is 12.8 Å². The van der Waals surface area contributed by atoms with Crippen LogP contribution in [0.3, 0.4) is 0 Å². The predicted molar refractivity (Wildman–Crippen MR) is 136 cm³/mol. The molecule has 5 rings (SSSR count). The van der Waals surface area contributed by atoms with E-state index in [0.29, 0.717) is 17.4 Å². The second-order valence-electron chi connectivity index (χ2n) is 8.28. The van der Waals surface area contributed by atoms with E-state index in [2.05, 4.69) is 25.5 Å². The molecule has 0 spiro atoms. The number of imidazole rings is 1. The van der Waals surface area contributed by atoms with E-state index in [1.54, 1.807) is 6.21 Å². The van der Waals surface area contributed by atoms with Crippen LogP contribution in [0.2, 0.25) is 5.02 Å². The first-order valence-corrected chi connectivity index (χ1v) is 11.7. The number of aliphatic hydroxyl groups is 3. The van der Waals surface area contributed by atoms with Gasteiger partial charge in [0.25, 0.3) is 0 Å². The lowest BCUT2D eigenvalue weighted by atomic mass is 10.1. The van der Waals surface area contributed by atoms with E-state index < -0.39 is 31.1 Å². The molecule has 0 amide bonds. The minimum absolute atomic E-state index is 0.120. The highest BCUT2D eigenvalue weighted by atomic mass is 35.5. The number of anilines is 2.